The summed E-state index contributed by atoms with van der Waals surface area (Å²) in [6.45, 7) is 5.90. The van der Waals surface area contributed by atoms with Crippen LogP contribution in [0.3, 0.4) is 0 Å². The molecule has 0 atom stereocenters. The third-order valence-electron chi connectivity index (χ3n) is 4.39. The maximum atomic E-state index is 5.55. The highest BCUT2D eigenvalue weighted by atomic mass is 15.0. The minimum absolute atomic E-state index is 0.0956. The van der Waals surface area contributed by atoms with Gasteiger partial charge in [0, 0.05) is 0 Å². The topological polar surface area (TPSA) is 103 Å². The number of aryl methyl sites for hydroxylation is 4. The fourth-order valence-corrected chi connectivity index (χ4v) is 2.94. The van der Waals surface area contributed by atoms with E-state index in [0.29, 0.717) is 5.84 Å². The maximum absolute atomic E-state index is 5.55. The van der Waals surface area contributed by atoms with Gasteiger partial charge >= 0.3 is 0 Å². The van der Waals surface area contributed by atoms with Crippen LogP contribution < -0.4 is 17.2 Å². The standard InChI is InChI=1S/C12H16N2.C9H13N3/c1-9(13)14-12-7-6-10-4-2-3-5-11(10)8-12;1-6-3-4-8(5-7(6)2)12-9(10)11/h6-8H,2-5H2,1H3,(H2,13,14);3-5H,1-2H3,(H4,10,11,12). The first-order valence-corrected chi connectivity index (χ1v) is 8.94. The van der Waals surface area contributed by atoms with Crippen molar-refractivity contribution in [1.29, 1.82) is 0 Å². The Morgan fingerprint density at radius 2 is 1.38 bits per heavy atom. The van der Waals surface area contributed by atoms with Gasteiger partial charge in [0.05, 0.1) is 17.2 Å². The highest BCUT2D eigenvalue weighted by molar-refractivity contribution is 5.80. The van der Waals surface area contributed by atoms with Crippen LogP contribution >= 0.6 is 0 Å². The van der Waals surface area contributed by atoms with Crippen molar-refractivity contribution in [3.05, 3.63) is 58.7 Å². The fraction of sp³-hybridized carbons (Fsp3) is 0.333. The lowest BCUT2D eigenvalue weighted by molar-refractivity contribution is 0.686. The van der Waals surface area contributed by atoms with E-state index in [1.165, 1.54) is 47.9 Å². The molecule has 0 aromatic heterocycles. The average Bonchev–Trinajstić information content (AvgIpc) is 2.58. The van der Waals surface area contributed by atoms with E-state index < -0.39 is 0 Å². The number of hydrogen-bond acceptors (Lipinski definition) is 2. The van der Waals surface area contributed by atoms with Gasteiger partial charge in [-0.2, -0.15) is 0 Å². The minimum Gasteiger partial charge on any atom is -0.387 e. The van der Waals surface area contributed by atoms with Gasteiger partial charge in [0.1, 0.15) is 0 Å². The second-order valence-electron chi connectivity index (χ2n) is 6.72. The monoisotopic (exact) mass is 351 g/mol. The number of nitrogens with two attached hydrogens (primary N) is 3. The van der Waals surface area contributed by atoms with Crippen molar-refractivity contribution < 1.29 is 0 Å². The number of amidine groups is 1. The number of hydrogen-bond donors (Lipinski definition) is 3. The summed E-state index contributed by atoms with van der Waals surface area (Å²) in [6, 6.07) is 12.3. The third-order valence-corrected chi connectivity index (χ3v) is 4.39. The highest BCUT2D eigenvalue weighted by Crippen LogP contribution is 2.25. The molecule has 1 aliphatic rings. The van der Waals surface area contributed by atoms with Gasteiger partial charge < -0.3 is 17.2 Å². The lowest BCUT2D eigenvalue weighted by Crippen LogP contribution is -2.21. The first kappa shape index (κ1) is 19.5. The SMILES string of the molecule is CC(N)=Nc1ccc2c(c1)CCCC2.Cc1ccc(N=C(N)N)cc1C. The third kappa shape index (κ3) is 5.92. The van der Waals surface area contributed by atoms with Gasteiger partial charge in [0.25, 0.3) is 0 Å². The molecule has 0 amide bonds. The summed E-state index contributed by atoms with van der Waals surface area (Å²) < 4.78 is 0. The van der Waals surface area contributed by atoms with Crippen LogP contribution in [0, 0.1) is 13.8 Å². The van der Waals surface area contributed by atoms with Crippen LogP contribution in [0.1, 0.15) is 42.0 Å². The smallest absolute Gasteiger partial charge is 0.191 e. The van der Waals surface area contributed by atoms with Crippen molar-refractivity contribution >= 4 is 23.2 Å². The summed E-state index contributed by atoms with van der Waals surface area (Å²) in [4.78, 5) is 8.20. The molecule has 0 saturated heterocycles. The molecular weight excluding hydrogens is 322 g/mol. The fourth-order valence-electron chi connectivity index (χ4n) is 2.94. The Morgan fingerprint density at radius 1 is 0.769 bits per heavy atom. The molecule has 0 heterocycles. The quantitative estimate of drug-likeness (QED) is 0.566. The Kier molecular flexibility index (Phi) is 6.78. The van der Waals surface area contributed by atoms with E-state index >= 15 is 0 Å². The molecule has 1 aliphatic carbocycles. The van der Waals surface area contributed by atoms with Crippen LogP contribution in [0.15, 0.2) is 46.4 Å². The summed E-state index contributed by atoms with van der Waals surface area (Å²) in [7, 11) is 0. The number of nitrogens with zero attached hydrogens (tertiary/aromatic N) is 2. The van der Waals surface area contributed by atoms with E-state index in [9.17, 15) is 0 Å². The molecule has 138 valence electrons. The second-order valence-corrected chi connectivity index (χ2v) is 6.72. The predicted molar refractivity (Wildman–Crippen MR) is 111 cm³/mol. The van der Waals surface area contributed by atoms with Crippen molar-refractivity contribution in [1.82, 2.24) is 0 Å². The molecule has 2 aromatic rings. The molecule has 26 heavy (non-hydrogen) atoms. The number of rotatable bonds is 2. The molecule has 0 unspecified atom stereocenters. The van der Waals surface area contributed by atoms with Crippen LogP contribution in [0.5, 0.6) is 0 Å². The van der Waals surface area contributed by atoms with Crippen LogP contribution in [-0.4, -0.2) is 11.8 Å². The zero-order valence-corrected chi connectivity index (χ0v) is 15.9. The van der Waals surface area contributed by atoms with E-state index in [-0.39, 0.29) is 5.96 Å². The van der Waals surface area contributed by atoms with E-state index in [2.05, 4.69) is 35.1 Å². The summed E-state index contributed by atoms with van der Waals surface area (Å²) in [5.41, 5.74) is 23.2. The zero-order valence-electron chi connectivity index (χ0n) is 15.9. The number of guanidine groups is 1. The Hall–Kier alpha value is -2.82. The Bertz CT molecular complexity index is 813. The Labute approximate surface area is 156 Å². The Balaban J connectivity index is 0.000000190. The van der Waals surface area contributed by atoms with Gasteiger partial charge in [-0.15, -0.1) is 0 Å². The van der Waals surface area contributed by atoms with Gasteiger partial charge in [0.2, 0.25) is 0 Å². The predicted octanol–water partition coefficient (Wildman–Crippen LogP) is 3.78. The summed E-state index contributed by atoms with van der Waals surface area (Å²) >= 11 is 0. The molecule has 0 radical (unpaired) electrons. The van der Waals surface area contributed by atoms with E-state index in [1.807, 2.05) is 32.0 Å². The number of benzene rings is 2. The molecule has 6 N–H and O–H groups in total. The van der Waals surface area contributed by atoms with Gasteiger partial charge in [-0.3, -0.25) is 0 Å². The van der Waals surface area contributed by atoms with Gasteiger partial charge in [-0.25, -0.2) is 9.98 Å². The van der Waals surface area contributed by atoms with Gasteiger partial charge in [0.15, 0.2) is 5.96 Å². The first-order valence-electron chi connectivity index (χ1n) is 8.94. The van der Waals surface area contributed by atoms with Crippen molar-refractivity contribution in [3.8, 4) is 0 Å². The van der Waals surface area contributed by atoms with Crippen LogP contribution in [0.25, 0.3) is 0 Å². The highest BCUT2D eigenvalue weighted by Gasteiger charge is 2.08. The van der Waals surface area contributed by atoms with E-state index in [1.54, 1.807) is 0 Å². The molecule has 5 heteroatoms. The lowest BCUT2D eigenvalue weighted by atomic mass is 9.91. The molecule has 2 aromatic carbocycles. The summed E-state index contributed by atoms with van der Waals surface area (Å²) in [5.74, 6) is 0.721. The molecular formula is C21H29N5. The van der Waals surface area contributed by atoms with Crippen molar-refractivity contribution in [2.75, 3.05) is 0 Å². The molecule has 0 fully saturated rings. The maximum Gasteiger partial charge on any atom is 0.191 e. The zero-order chi connectivity index (χ0) is 19.1. The molecule has 3 rings (SSSR count). The molecule has 0 aliphatic heterocycles. The lowest BCUT2D eigenvalue weighted by Gasteiger charge is -2.15. The van der Waals surface area contributed by atoms with Crippen molar-refractivity contribution in [2.45, 2.75) is 46.5 Å². The van der Waals surface area contributed by atoms with Gasteiger partial charge in [-0.05, 0) is 93.0 Å². The molecule has 0 saturated carbocycles. The van der Waals surface area contributed by atoms with Crippen molar-refractivity contribution in [2.24, 2.45) is 27.2 Å². The average molecular weight is 351 g/mol. The largest absolute Gasteiger partial charge is 0.387 e. The second kappa shape index (κ2) is 9.04. The number of fused-ring (bicyclic) bond motifs is 1. The van der Waals surface area contributed by atoms with Gasteiger partial charge in [-0.1, -0.05) is 12.1 Å². The molecule has 5 nitrogen and oxygen atoms in total. The molecule has 0 bridgehead atoms. The van der Waals surface area contributed by atoms with Crippen molar-refractivity contribution in [3.63, 3.8) is 0 Å². The van der Waals surface area contributed by atoms with E-state index in [4.69, 9.17) is 17.2 Å². The number of aliphatic imine (C=N–C) groups is 2. The normalized spacial score (nSPS) is 13.3. The summed E-state index contributed by atoms with van der Waals surface area (Å²) in [5, 5.41) is 0. The minimum atomic E-state index is 0.0956. The van der Waals surface area contributed by atoms with Crippen LogP contribution in [-0.2, 0) is 12.8 Å². The van der Waals surface area contributed by atoms with Crippen LogP contribution in [0.4, 0.5) is 11.4 Å². The Morgan fingerprint density at radius 3 is 2.00 bits per heavy atom. The van der Waals surface area contributed by atoms with Crippen LogP contribution in [0.2, 0.25) is 0 Å². The first-order chi connectivity index (χ1) is 12.3. The van der Waals surface area contributed by atoms with E-state index in [0.717, 1.165) is 11.4 Å². The molecule has 0 spiro atoms. The summed E-state index contributed by atoms with van der Waals surface area (Å²) in [6.07, 6.45) is 5.05.